The van der Waals surface area contributed by atoms with E-state index in [1.807, 2.05) is 42.9 Å². The van der Waals surface area contributed by atoms with E-state index in [-0.39, 0.29) is 17.2 Å². The van der Waals surface area contributed by atoms with Gasteiger partial charge in [0.1, 0.15) is 30.2 Å². The minimum absolute atomic E-state index is 0.00886. The van der Waals surface area contributed by atoms with Crippen LogP contribution in [0.4, 0.5) is 0 Å². The molecule has 0 bridgehead atoms. The lowest BCUT2D eigenvalue weighted by Crippen LogP contribution is -2.56. The number of nitrogens with two attached hydrogens (primary N) is 1. The maximum atomic E-state index is 13.6. The fourth-order valence-corrected chi connectivity index (χ4v) is 6.35. The number of nitrogens with zero attached hydrogens (tertiary/aromatic N) is 6. The van der Waals surface area contributed by atoms with Crippen LogP contribution in [0.3, 0.4) is 0 Å². The van der Waals surface area contributed by atoms with Crippen molar-refractivity contribution in [2.45, 2.75) is 68.8 Å². The first-order chi connectivity index (χ1) is 17.2. The molecule has 1 aromatic carbocycles. The Kier molecular flexibility index (Phi) is 6.46. The molecule has 11 heteroatoms. The molecule has 0 aliphatic carbocycles. The summed E-state index contributed by atoms with van der Waals surface area (Å²) >= 11 is 0. The Morgan fingerprint density at radius 1 is 1.19 bits per heavy atom. The Balaban J connectivity index is 1.42. The topological polar surface area (TPSA) is 121 Å². The van der Waals surface area contributed by atoms with Gasteiger partial charge in [-0.15, -0.1) is 0 Å². The number of rotatable bonds is 6. The molecule has 192 valence electrons. The van der Waals surface area contributed by atoms with Crippen LogP contribution in [0.1, 0.15) is 46.6 Å². The lowest BCUT2D eigenvalue weighted by molar-refractivity contribution is -0.128. The zero-order valence-electron chi connectivity index (χ0n) is 21.2. The summed E-state index contributed by atoms with van der Waals surface area (Å²) in [4.78, 5) is 24.0. The number of carbonyl (C=O) groups is 1. The molecule has 1 unspecified atom stereocenters. The van der Waals surface area contributed by atoms with Crippen LogP contribution < -0.4 is 10.5 Å². The molecule has 3 aromatic rings. The lowest BCUT2D eigenvalue weighted by atomic mass is 9.98. The van der Waals surface area contributed by atoms with E-state index in [0.29, 0.717) is 26.2 Å². The summed E-state index contributed by atoms with van der Waals surface area (Å²) in [7, 11) is -1.20. The third-order valence-corrected chi connectivity index (χ3v) is 9.02. The van der Waals surface area contributed by atoms with Gasteiger partial charge in [-0.1, -0.05) is 0 Å². The van der Waals surface area contributed by atoms with Crippen molar-refractivity contribution in [2.75, 3.05) is 19.7 Å². The molecule has 2 aromatic heterocycles. The van der Waals surface area contributed by atoms with E-state index < -0.39 is 16.3 Å². The predicted octanol–water partition coefficient (Wildman–Crippen LogP) is 2.62. The van der Waals surface area contributed by atoms with Crippen LogP contribution in [0, 0.1) is 0 Å². The molecule has 0 radical (unpaired) electrons. The molecule has 1 saturated heterocycles. The van der Waals surface area contributed by atoms with Gasteiger partial charge in [-0.05, 0) is 58.7 Å². The van der Waals surface area contributed by atoms with E-state index in [1.165, 1.54) is 0 Å². The Labute approximate surface area is 213 Å². The van der Waals surface area contributed by atoms with Crippen LogP contribution in [0.2, 0.25) is 0 Å². The molecule has 10 nitrogen and oxygen atoms in total. The van der Waals surface area contributed by atoms with Crippen molar-refractivity contribution in [1.82, 2.24) is 29.2 Å². The molecular weight excluding hydrogens is 478 g/mol. The second kappa shape index (κ2) is 9.44. The molecule has 4 heterocycles. The van der Waals surface area contributed by atoms with E-state index >= 15 is 0 Å². The number of amides is 1. The quantitative estimate of drug-likeness (QED) is 0.540. The highest BCUT2D eigenvalue weighted by atomic mass is 32.2. The van der Waals surface area contributed by atoms with Crippen molar-refractivity contribution in [3.05, 3.63) is 30.7 Å². The average molecular weight is 512 g/mol. The van der Waals surface area contributed by atoms with Gasteiger partial charge in [-0.25, -0.2) is 14.6 Å². The molecule has 1 atom stereocenters. The standard InChI is InChI=1S/C25H33N7O3S/c1-16(2)32-23(27-15-28-32)20-14-30-11-12-35-21-6-5-18(13-19(21)22(30)29-20)36(34)17-7-9-31(10-8-17)25(3,4)24(26)33/h5-6,13-17H,7-12H2,1-4H3,(H2,26,33). The van der Waals surface area contributed by atoms with Gasteiger partial charge >= 0.3 is 0 Å². The Hall–Kier alpha value is -3.05. The van der Waals surface area contributed by atoms with Gasteiger partial charge in [0.25, 0.3) is 0 Å². The fraction of sp³-hybridized carbons (Fsp3) is 0.520. The fourth-order valence-electron chi connectivity index (χ4n) is 4.89. The summed E-state index contributed by atoms with van der Waals surface area (Å²) in [6, 6.07) is 5.90. The molecule has 2 aliphatic heterocycles. The Morgan fingerprint density at radius 3 is 2.64 bits per heavy atom. The van der Waals surface area contributed by atoms with Crippen molar-refractivity contribution in [3.63, 3.8) is 0 Å². The molecular formula is C25H33N7O3S. The molecule has 1 fully saturated rings. The number of piperidine rings is 1. The second-order valence-electron chi connectivity index (χ2n) is 10.2. The second-order valence-corrected chi connectivity index (χ2v) is 11.9. The molecule has 2 N–H and O–H groups in total. The summed E-state index contributed by atoms with van der Waals surface area (Å²) in [5.74, 6) is 1.88. The highest BCUT2D eigenvalue weighted by Gasteiger charge is 2.36. The summed E-state index contributed by atoms with van der Waals surface area (Å²) in [6.07, 6.45) is 5.01. The molecule has 5 rings (SSSR count). The highest BCUT2D eigenvalue weighted by Crippen LogP contribution is 2.36. The number of benzene rings is 1. The largest absolute Gasteiger partial charge is 0.491 e. The van der Waals surface area contributed by atoms with Gasteiger partial charge < -0.3 is 15.0 Å². The van der Waals surface area contributed by atoms with Crippen LogP contribution in [-0.4, -0.2) is 69.8 Å². The number of carbonyl (C=O) groups excluding carboxylic acids is 1. The number of fused-ring (bicyclic) bond motifs is 3. The van der Waals surface area contributed by atoms with Gasteiger partial charge in [0.05, 0.1) is 28.4 Å². The Morgan fingerprint density at radius 2 is 1.94 bits per heavy atom. The van der Waals surface area contributed by atoms with Gasteiger partial charge in [0, 0.05) is 35.5 Å². The van der Waals surface area contributed by atoms with Gasteiger partial charge in [-0.3, -0.25) is 13.9 Å². The molecule has 1 amide bonds. The average Bonchev–Trinajstić information content (AvgIpc) is 3.48. The Bertz CT molecular complexity index is 1300. The summed E-state index contributed by atoms with van der Waals surface area (Å²) < 4.78 is 23.5. The van der Waals surface area contributed by atoms with Gasteiger partial charge in [0.15, 0.2) is 5.82 Å². The highest BCUT2D eigenvalue weighted by molar-refractivity contribution is 7.85. The van der Waals surface area contributed by atoms with Crippen LogP contribution >= 0.6 is 0 Å². The van der Waals surface area contributed by atoms with Gasteiger partial charge in [-0.2, -0.15) is 5.10 Å². The first-order valence-electron chi connectivity index (χ1n) is 12.4. The third kappa shape index (κ3) is 4.34. The number of aromatic nitrogens is 5. The molecule has 0 saturated carbocycles. The first-order valence-corrected chi connectivity index (χ1v) is 13.6. The smallest absolute Gasteiger partial charge is 0.237 e. The lowest BCUT2D eigenvalue weighted by Gasteiger charge is -2.40. The third-order valence-electron chi connectivity index (χ3n) is 7.22. The first kappa shape index (κ1) is 24.6. The van der Waals surface area contributed by atoms with Crippen molar-refractivity contribution in [1.29, 1.82) is 0 Å². The summed E-state index contributed by atoms with van der Waals surface area (Å²) in [6.45, 7) is 10.3. The molecule has 0 spiro atoms. The molecule has 36 heavy (non-hydrogen) atoms. The predicted molar refractivity (Wildman–Crippen MR) is 137 cm³/mol. The molecule has 2 aliphatic rings. The zero-order chi connectivity index (χ0) is 25.6. The summed E-state index contributed by atoms with van der Waals surface area (Å²) in [5, 5.41) is 4.35. The monoisotopic (exact) mass is 511 g/mol. The maximum absolute atomic E-state index is 13.6. The van der Waals surface area contributed by atoms with Crippen LogP contribution in [0.15, 0.2) is 35.6 Å². The van der Waals surface area contributed by atoms with Crippen LogP contribution in [0.25, 0.3) is 22.9 Å². The zero-order valence-corrected chi connectivity index (χ0v) is 22.0. The summed E-state index contributed by atoms with van der Waals surface area (Å²) in [5.41, 5.74) is 6.46. The van der Waals surface area contributed by atoms with E-state index in [9.17, 15) is 9.00 Å². The van der Waals surface area contributed by atoms with Gasteiger partial charge in [0.2, 0.25) is 5.91 Å². The number of primary amides is 1. The maximum Gasteiger partial charge on any atom is 0.237 e. The number of ether oxygens (including phenoxy) is 1. The SMILES string of the molecule is CC(C)n1ncnc1-c1cn2c(n1)-c1cc(S(=O)C3CCN(C(C)(C)C(N)=O)CC3)ccc1OCC2. The van der Waals surface area contributed by atoms with Crippen molar-refractivity contribution in [2.24, 2.45) is 5.73 Å². The van der Waals surface area contributed by atoms with E-state index in [4.69, 9.17) is 15.5 Å². The number of imidazole rings is 1. The van der Waals surface area contributed by atoms with E-state index in [2.05, 4.69) is 33.4 Å². The van der Waals surface area contributed by atoms with Crippen molar-refractivity contribution in [3.8, 4) is 28.7 Å². The van der Waals surface area contributed by atoms with Crippen LogP contribution in [0.5, 0.6) is 5.75 Å². The van der Waals surface area contributed by atoms with Crippen molar-refractivity contribution >= 4 is 16.7 Å². The number of hydrogen-bond acceptors (Lipinski definition) is 7. The van der Waals surface area contributed by atoms with Crippen LogP contribution in [-0.2, 0) is 22.1 Å². The minimum Gasteiger partial charge on any atom is -0.491 e. The van der Waals surface area contributed by atoms with E-state index in [1.54, 1.807) is 6.33 Å². The van der Waals surface area contributed by atoms with E-state index in [0.717, 1.165) is 46.4 Å². The number of hydrogen-bond donors (Lipinski definition) is 1. The van der Waals surface area contributed by atoms with Crippen molar-refractivity contribution < 1.29 is 13.7 Å². The minimum atomic E-state index is -1.20. The normalized spacial score (nSPS) is 17.8. The number of likely N-dealkylation sites (tertiary alicyclic amines) is 1.